The molecule has 119 heavy (non-hydrogen) atoms. The molecule has 670 valence electrons. The highest BCUT2D eigenvalue weighted by molar-refractivity contribution is 9.11. The maximum absolute atomic E-state index is 12.1. The van der Waals surface area contributed by atoms with Gasteiger partial charge in [-0.25, -0.2) is 34.5 Å². The number of carbonyl (C=O) groups is 5. The van der Waals surface area contributed by atoms with Crippen molar-refractivity contribution < 1.29 is 61.9 Å². The number of hydrogen-bond acceptors (Lipinski definition) is 27. The van der Waals surface area contributed by atoms with E-state index >= 15 is 0 Å². The van der Waals surface area contributed by atoms with E-state index in [2.05, 4.69) is 56.0 Å². The van der Waals surface area contributed by atoms with Crippen molar-refractivity contribution in [3.05, 3.63) is 56.8 Å². The van der Waals surface area contributed by atoms with Gasteiger partial charge in [-0.1, -0.05) is 58.2 Å². The molecule has 10 heterocycles. The summed E-state index contributed by atoms with van der Waals surface area (Å²) in [4.78, 5) is 96.4. The van der Waals surface area contributed by atoms with Gasteiger partial charge in [-0.2, -0.15) is 0 Å². The number of aromatic nitrogens is 5. The molecule has 0 bridgehead atoms. The van der Waals surface area contributed by atoms with Gasteiger partial charge in [0.25, 0.3) is 20.8 Å². The van der Waals surface area contributed by atoms with Gasteiger partial charge in [0, 0.05) is 160 Å². The first-order chi connectivity index (χ1) is 56.6. The Morgan fingerprint density at radius 3 is 1.08 bits per heavy atom. The fourth-order valence-electron chi connectivity index (χ4n) is 15.9. The second-order valence-corrected chi connectivity index (χ2v) is 43.0. The molecule has 0 spiro atoms. The van der Waals surface area contributed by atoms with Crippen molar-refractivity contribution in [3.8, 4) is 20.8 Å². The van der Waals surface area contributed by atoms with Crippen LogP contribution in [0, 0.1) is 29.6 Å². The topological polar surface area (TPSA) is 275 Å². The van der Waals surface area contributed by atoms with Crippen LogP contribution in [0.25, 0.3) is 0 Å². The largest absolute Gasteiger partial charge is 0.470 e. The molecule has 13 rings (SSSR count). The minimum Gasteiger partial charge on any atom is -0.470 e. The van der Waals surface area contributed by atoms with Crippen LogP contribution >= 0.6 is 72.6 Å². The number of rotatable bonds is 20. The highest BCUT2D eigenvalue weighted by Gasteiger charge is 2.32. The third kappa shape index (κ3) is 36.9. The van der Waals surface area contributed by atoms with Crippen molar-refractivity contribution in [3.63, 3.8) is 0 Å². The SMILES string of the molecule is CC(C)(C)OC(=O)CC1CCC(CC=O)CC1.CC(C)(C)OC(=O)N1CCc2nc(Br)sc2CC1.CCOc1nc2c(s1)CCN(C(=O)OC(C)(C)C)CC2.CCOc1nc2c(s1)CCN(CCC1CCC(CC(=O)OC(C)(C)C)CC1)CC2.CCOc1nc2c(s1)CCN(CCC1CCC(N)CC1)CC2.CCOc1nc2c(s1)CCNCC2. The van der Waals surface area contributed by atoms with E-state index in [0.29, 0.717) is 95.7 Å². The first kappa shape index (κ1) is 99.2. The third-order valence-electron chi connectivity index (χ3n) is 22.0. The zero-order chi connectivity index (χ0) is 86.3. The minimum absolute atomic E-state index is 0.0286. The average molecular weight is 1820 g/mol. The van der Waals surface area contributed by atoms with E-state index in [9.17, 15) is 24.0 Å². The summed E-state index contributed by atoms with van der Waals surface area (Å²) in [5.41, 5.74) is 10.3. The maximum Gasteiger partial charge on any atom is 0.410 e. The van der Waals surface area contributed by atoms with Gasteiger partial charge in [0.15, 0.2) is 3.92 Å². The van der Waals surface area contributed by atoms with E-state index < -0.39 is 11.2 Å². The number of fused-ring (bicyclic) bond motifs is 5. The molecule has 0 aromatic carbocycles. The Morgan fingerprint density at radius 2 is 0.706 bits per heavy atom. The Morgan fingerprint density at radius 1 is 0.403 bits per heavy atom. The highest BCUT2D eigenvalue weighted by Crippen LogP contribution is 2.38. The Kier molecular flexibility index (Phi) is 41.3. The van der Waals surface area contributed by atoms with Crippen LogP contribution < -0.4 is 30.0 Å². The van der Waals surface area contributed by atoms with Gasteiger partial charge in [-0.15, -0.1) is 11.3 Å². The van der Waals surface area contributed by atoms with Gasteiger partial charge in [-0.3, -0.25) is 9.59 Å². The molecule has 5 aliphatic heterocycles. The Labute approximate surface area is 739 Å². The number of nitrogens with one attached hydrogen (secondary N) is 1. The number of aldehydes is 1. The summed E-state index contributed by atoms with van der Waals surface area (Å²) < 4.78 is 44.5. The summed E-state index contributed by atoms with van der Waals surface area (Å²) in [6, 6.07) is 0.469. The van der Waals surface area contributed by atoms with Gasteiger partial charge < -0.3 is 73.3 Å². The third-order valence-corrected chi connectivity index (χ3v) is 27.9. The number of hydrogen-bond donors (Lipinski definition) is 2. The van der Waals surface area contributed by atoms with E-state index in [1.165, 1.54) is 125 Å². The van der Waals surface area contributed by atoms with Crippen molar-refractivity contribution >= 4 is 103 Å². The second kappa shape index (κ2) is 49.5. The van der Waals surface area contributed by atoms with E-state index in [1.54, 1.807) is 66.5 Å². The fraction of sp³-hybridized carbons (Fsp3) is 0.775. The molecule has 3 N–H and O–H groups in total. The normalized spacial score (nSPS) is 21.0. The molecule has 30 heteroatoms. The number of esters is 2. The molecule has 3 aliphatic carbocycles. The van der Waals surface area contributed by atoms with E-state index in [-0.39, 0.29) is 35.3 Å². The van der Waals surface area contributed by atoms with Crippen LogP contribution in [0.1, 0.15) is 273 Å². The van der Waals surface area contributed by atoms with Crippen LogP contribution in [-0.4, -0.2) is 208 Å². The summed E-state index contributed by atoms with van der Waals surface area (Å²) >= 11 is 11.8. The van der Waals surface area contributed by atoms with Gasteiger partial charge in [0.2, 0.25) is 0 Å². The minimum atomic E-state index is -0.450. The second-order valence-electron chi connectivity index (χ2n) is 36.5. The van der Waals surface area contributed by atoms with Crippen molar-refractivity contribution in [1.82, 2.24) is 49.8 Å². The first-order valence-electron chi connectivity index (χ1n) is 44.4. The van der Waals surface area contributed by atoms with Crippen LogP contribution in [-0.2, 0) is 97.5 Å². The van der Waals surface area contributed by atoms with Crippen molar-refractivity contribution in [1.29, 1.82) is 0 Å². The van der Waals surface area contributed by atoms with Gasteiger partial charge in [0.1, 0.15) is 28.7 Å². The van der Waals surface area contributed by atoms with Crippen LogP contribution in [0.3, 0.4) is 0 Å². The average Bonchev–Trinajstić information content (AvgIpc) is 1.75. The van der Waals surface area contributed by atoms with Gasteiger partial charge in [-0.05, 0) is 266 Å². The Balaban J connectivity index is 0.000000181. The number of amides is 2. The van der Waals surface area contributed by atoms with Gasteiger partial charge >= 0.3 is 24.1 Å². The Bertz CT molecular complexity index is 3730. The zero-order valence-corrected chi connectivity index (χ0v) is 80.4. The molecule has 2 amide bonds. The molecule has 0 saturated heterocycles. The maximum atomic E-state index is 12.1. The number of halogens is 1. The molecule has 3 saturated carbocycles. The zero-order valence-electron chi connectivity index (χ0n) is 74.8. The van der Waals surface area contributed by atoms with Crippen LogP contribution in [0.4, 0.5) is 9.59 Å². The van der Waals surface area contributed by atoms with Crippen LogP contribution in [0.5, 0.6) is 20.8 Å². The number of nitrogens with two attached hydrogens (primary N) is 1. The number of nitrogens with zero attached hydrogens (tertiary/aromatic N) is 9. The first-order valence-corrected chi connectivity index (χ1v) is 49.3. The molecule has 24 nitrogen and oxygen atoms in total. The lowest BCUT2D eigenvalue weighted by Crippen LogP contribution is -2.38. The molecule has 3 fully saturated rings. The smallest absolute Gasteiger partial charge is 0.410 e. The Hall–Kier alpha value is -5.18. The summed E-state index contributed by atoms with van der Waals surface area (Å²) in [6.45, 7) is 45.4. The molecule has 0 radical (unpaired) electrons. The summed E-state index contributed by atoms with van der Waals surface area (Å²) in [5, 5.41) is 6.64. The van der Waals surface area contributed by atoms with E-state index in [4.69, 9.17) is 43.6 Å². The fourth-order valence-corrected chi connectivity index (χ4v) is 21.5. The van der Waals surface area contributed by atoms with E-state index in [1.807, 2.05) is 111 Å². The van der Waals surface area contributed by atoms with Crippen LogP contribution in [0.2, 0.25) is 0 Å². The molecular weight excluding hydrogens is 1670 g/mol. The predicted molar refractivity (Wildman–Crippen MR) is 483 cm³/mol. The summed E-state index contributed by atoms with van der Waals surface area (Å²) in [6.07, 6.45) is 29.0. The molecule has 5 aromatic rings. The molecular formula is C89H144BrN11O13S5. The van der Waals surface area contributed by atoms with Crippen molar-refractivity contribution in [2.24, 2.45) is 35.3 Å². The number of carbonyl (C=O) groups excluding carboxylic acids is 5. The van der Waals surface area contributed by atoms with Crippen molar-refractivity contribution in [2.45, 2.75) is 313 Å². The number of thiazole rings is 5. The quantitative estimate of drug-likeness (QED) is 0.0416. The monoisotopic (exact) mass is 1810 g/mol. The van der Waals surface area contributed by atoms with Crippen molar-refractivity contribution in [2.75, 3.05) is 105 Å². The lowest BCUT2D eigenvalue weighted by atomic mass is 9.79. The summed E-state index contributed by atoms with van der Waals surface area (Å²) in [5.74, 6) is 3.11. The molecule has 0 atom stereocenters. The molecule has 0 unspecified atom stereocenters. The van der Waals surface area contributed by atoms with Gasteiger partial charge in [0.05, 0.1) is 54.9 Å². The lowest BCUT2D eigenvalue weighted by molar-refractivity contribution is -0.157. The summed E-state index contributed by atoms with van der Waals surface area (Å²) in [7, 11) is 0. The van der Waals surface area contributed by atoms with Crippen LogP contribution in [0.15, 0.2) is 3.92 Å². The standard InChI is InChI=1S/C23H38N2O3S.C17H29N3OS.C14H22N2O3S.C14H24O3.C12H17BrN2O2S.C9H14N2OS/c1-5-27-22-24-19-11-14-25(15-12-20(19)29-22)13-10-17-6-8-18(9-7-17)16-21(26)28-23(2,3)4;1-2-21-17-19-15-8-11-20(12-9-16(15)22-17)10-7-13-3-5-14(18)6-4-13;1-5-18-12-15-10-6-8-16(9-7-11(10)20-12)13(17)19-14(2,3)4;1-14(2,3)17-13(16)10-12-6-4-11(5-7-12)8-9-15;1-12(2,3)17-11(16)15-6-4-8-9(5-7-15)18-10(13)14-8;1-2-12-9-11-7-3-5-10-6-4-8(7)13-9/h17-18H,5-16H2,1-4H3;13-14H,2-12,18H2,1H3;5-9H2,1-4H3;9,11-12H,4-8,10H2,1-3H3;4-7H2,1-3H3;10H,2-6H2,1H3. The van der Waals surface area contributed by atoms with E-state index in [0.717, 1.165) is 177 Å². The number of ether oxygens (including phenoxy) is 8. The predicted octanol–water partition coefficient (Wildman–Crippen LogP) is 18.2. The molecule has 5 aromatic heterocycles. The highest BCUT2D eigenvalue weighted by atomic mass is 79.9. The molecule has 8 aliphatic rings. The lowest BCUT2D eigenvalue weighted by Gasteiger charge is -2.30.